The van der Waals surface area contributed by atoms with Crippen LogP contribution in [-0.4, -0.2) is 24.3 Å². The third-order valence-electron chi connectivity index (χ3n) is 4.60. The summed E-state index contributed by atoms with van der Waals surface area (Å²) in [6.45, 7) is 1.32. The van der Waals surface area contributed by atoms with Crippen LogP contribution in [0.15, 0.2) is 54.6 Å². The molecule has 7 heteroatoms. The first-order chi connectivity index (χ1) is 14.9. The summed E-state index contributed by atoms with van der Waals surface area (Å²) in [4.78, 5) is 11.4. The van der Waals surface area contributed by atoms with Crippen molar-refractivity contribution in [1.29, 1.82) is 0 Å². The molecule has 0 spiro atoms. The largest absolute Gasteiger partial charge is 0.508 e. The van der Waals surface area contributed by atoms with Crippen LogP contribution in [0.5, 0.6) is 11.5 Å². The fourth-order valence-electron chi connectivity index (χ4n) is 3.18. The van der Waals surface area contributed by atoms with Crippen LogP contribution in [0, 0.1) is 17.5 Å². The van der Waals surface area contributed by atoms with Crippen molar-refractivity contribution in [3.05, 3.63) is 83.2 Å². The molecule has 0 saturated carbocycles. The molecule has 31 heavy (non-hydrogen) atoms. The van der Waals surface area contributed by atoms with E-state index in [4.69, 9.17) is 9.47 Å². The van der Waals surface area contributed by atoms with Crippen molar-refractivity contribution in [1.82, 2.24) is 0 Å². The summed E-state index contributed by atoms with van der Waals surface area (Å²) in [6.07, 6.45) is 0.201. The van der Waals surface area contributed by atoms with E-state index >= 15 is 0 Å². The number of carbonyl (C=O) groups is 1. The molecule has 162 valence electrons. The van der Waals surface area contributed by atoms with E-state index in [-0.39, 0.29) is 36.5 Å². The van der Waals surface area contributed by atoms with Gasteiger partial charge in [-0.2, -0.15) is 0 Å². The fraction of sp³-hybridized carbons (Fsp3) is 0.208. The lowest BCUT2D eigenvalue weighted by Crippen LogP contribution is -2.15. The van der Waals surface area contributed by atoms with E-state index < -0.39 is 30.0 Å². The van der Waals surface area contributed by atoms with Gasteiger partial charge in [-0.1, -0.05) is 18.2 Å². The molecular weight excluding hydrogens is 409 g/mol. The summed E-state index contributed by atoms with van der Waals surface area (Å²) in [5.74, 6) is -2.99. The Morgan fingerprint density at radius 2 is 1.77 bits per heavy atom. The smallest absolute Gasteiger partial charge is 0.344 e. The van der Waals surface area contributed by atoms with Crippen LogP contribution in [0.1, 0.15) is 18.1 Å². The van der Waals surface area contributed by atoms with Crippen molar-refractivity contribution in [2.75, 3.05) is 13.2 Å². The summed E-state index contributed by atoms with van der Waals surface area (Å²) in [5, 5.41) is 10.0. The first-order valence-corrected chi connectivity index (χ1v) is 9.71. The summed E-state index contributed by atoms with van der Waals surface area (Å²) in [6, 6.07) is 12.8. The Labute approximate surface area is 177 Å². The Bertz CT molecular complexity index is 1080. The van der Waals surface area contributed by atoms with Crippen molar-refractivity contribution < 1.29 is 32.5 Å². The number of phenolic OH excluding ortho intramolecular Hbond substituents is 1. The van der Waals surface area contributed by atoms with Crippen molar-refractivity contribution in [2.24, 2.45) is 0 Å². The second kappa shape index (κ2) is 10.0. The molecular formula is C24H21F3O4. The van der Waals surface area contributed by atoms with Crippen LogP contribution >= 0.6 is 0 Å². The first-order valence-electron chi connectivity index (χ1n) is 9.71. The zero-order valence-corrected chi connectivity index (χ0v) is 16.8. The zero-order valence-electron chi connectivity index (χ0n) is 16.8. The fourth-order valence-corrected chi connectivity index (χ4v) is 3.18. The van der Waals surface area contributed by atoms with Crippen molar-refractivity contribution in [3.63, 3.8) is 0 Å². The molecule has 3 aromatic rings. The molecule has 3 rings (SSSR count). The standard InChI is InChI=1S/C24H21F3O4/c1-2-30-23(29)14-31-22-9-8-21(26)20(24(22)27)7-6-15-10-17(13-19(28)11-15)16-4-3-5-18(25)12-16/h3-5,8-13,28H,2,6-7,14H2,1H3. The van der Waals surface area contributed by atoms with Gasteiger partial charge in [0.1, 0.15) is 17.4 Å². The Balaban J connectivity index is 1.78. The Hall–Kier alpha value is -3.48. The van der Waals surface area contributed by atoms with Crippen LogP contribution in [0.2, 0.25) is 0 Å². The van der Waals surface area contributed by atoms with Crippen LogP contribution in [0.25, 0.3) is 11.1 Å². The number of benzene rings is 3. The van der Waals surface area contributed by atoms with Gasteiger partial charge in [0.25, 0.3) is 0 Å². The molecule has 0 aliphatic heterocycles. The molecule has 0 aromatic heterocycles. The molecule has 0 heterocycles. The zero-order chi connectivity index (χ0) is 22.4. The highest BCUT2D eigenvalue weighted by Crippen LogP contribution is 2.28. The van der Waals surface area contributed by atoms with Crippen LogP contribution < -0.4 is 4.74 Å². The lowest BCUT2D eigenvalue weighted by molar-refractivity contribution is -0.145. The molecule has 0 aliphatic rings. The third kappa shape index (κ3) is 5.78. The Morgan fingerprint density at radius 3 is 2.52 bits per heavy atom. The van der Waals surface area contributed by atoms with Crippen molar-refractivity contribution in [2.45, 2.75) is 19.8 Å². The molecule has 0 radical (unpaired) electrons. The first kappa shape index (κ1) is 22.2. The van der Waals surface area contributed by atoms with E-state index in [2.05, 4.69) is 0 Å². The highest BCUT2D eigenvalue weighted by Gasteiger charge is 2.16. The van der Waals surface area contributed by atoms with Crippen LogP contribution in [0.3, 0.4) is 0 Å². The molecule has 0 bridgehead atoms. The Kier molecular flexibility index (Phi) is 7.18. The highest BCUT2D eigenvalue weighted by molar-refractivity contribution is 5.71. The highest BCUT2D eigenvalue weighted by atomic mass is 19.1. The molecule has 4 nitrogen and oxygen atoms in total. The number of rotatable bonds is 8. The summed E-state index contributed by atoms with van der Waals surface area (Å²) >= 11 is 0. The predicted octanol–water partition coefficient (Wildman–Crippen LogP) is 5.20. The summed E-state index contributed by atoms with van der Waals surface area (Å²) in [5.41, 5.74) is 1.58. The van der Waals surface area contributed by atoms with Crippen LogP contribution in [-0.2, 0) is 22.4 Å². The number of aryl methyl sites for hydroxylation is 1. The van der Waals surface area contributed by atoms with E-state index in [1.54, 1.807) is 25.1 Å². The number of aromatic hydroxyl groups is 1. The number of hydrogen-bond donors (Lipinski definition) is 1. The summed E-state index contributed by atoms with van der Waals surface area (Å²) < 4.78 is 52.3. The SMILES string of the molecule is CCOC(=O)COc1ccc(F)c(CCc2cc(O)cc(-c3cccc(F)c3)c2)c1F. The average molecular weight is 430 g/mol. The van der Waals surface area contributed by atoms with Gasteiger partial charge in [-0.3, -0.25) is 0 Å². The van der Waals surface area contributed by atoms with Gasteiger partial charge in [-0.15, -0.1) is 0 Å². The number of hydrogen-bond acceptors (Lipinski definition) is 4. The minimum Gasteiger partial charge on any atom is -0.508 e. The van der Waals surface area contributed by atoms with Gasteiger partial charge in [0.05, 0.1) is 6.61 Å². The Morgan fingerprint density at radius 1 is 0.968 bits per heavy atom. The van der Waals surface area contributed by atoms with E-state index in [1.165, 1.54) is 24.3 Å². The topological polar surface area (TPSA) is 55.8 Å². The predicted molar refractivity (Wildman–Crippen MR) is 109 cm³/mol. The molecule has 1 N–H and O–H groups in total. The maximum atomic E-state index is 14.7. The quantitative estimate of drug-likeness (QED) is 0.499. The molecule has 0 unspecified atom stereocenters. The normalized spacial score (nSPS) is 10.7. The number of halogens is 3. The molecule has 0 fully saturated rings. The number of esters is 1. The van der Waals surface area contributed by atoms with Crippen molar-refractivity contribution in [3.8, 4) is 22.6 Å². The molecule has 0 aliphatic carbocycles. The third-order valence-corrected chi connectivity index (χ3v) is 4.60. The monoisotopic (exact) mass is 430 g/mol. The lowest BCUT2D eigenvalue weighted by atomic mass is 9.98. The van der Waals surface area contributed by atoms with E-state index in [0.29, 0.717) is 16.7 Å². The molecule has 3 aromatic carbocycles. The van der Waals surface area contributed by atoms with E-state index in [1.807, 2.05) is 0 Å². The van der Waals surface area contributed by atoms with E-state index in [9.17, 15) is 23.1 Å². The maximum Gasteiger partial charge on any atom is 0.344 e. The second-order valence-corrected chi connectivity index (χ2v) is 6.83. The molecule has 0 atom stereocenters. The number of phenols is 1. The van der Waals surface area contributed by atoms with Gasteiger partial charge >= 0.3 is 5.97 Å². The average Bonchev–Trinajstić information content (AvgIpc) is 2.73. The number of carbonyl (C=O) groups excluding carboxylic acids is 1. The number of ether oxygens (including phenoxy) is 2. The van der Waals surface area contributed by atoms with Gasteiger partial charge in [0, 0.05) is 5.56 Å². The van der Waals surface area contributed by atoms with Crippen LogP contribution in [0.4, 0.5) is 13.2 Å². The minimum atomic E-state index is -0.894. The van der Waals surface area contributed by atoms with Crippen molar-refractivity contribution >= 4 is 5.97 Å². The molecule has 0 amide bonds. The minimum absolute atomic E-state index is 0.0136. The van der Waals surface area contributed by atoms with Gasteiger partial charge in [0.2, 0.25) is 0 Å². The second-order valence-electron chi connectivity index (χ2n) is 6.83. The van der Waals surface area contributed by atoms with Gasteiger partial charge in [-0.05, 0) is 72.9 Å². The maximum absolute atomic E-state index is 14.7. The lowest BCUT2D eigenvalue weighted by Gasteiger charge is -2.12. The van der Waals surface area contributed by atoms with E-state index in [0.717, 1.165) is 12.1 Å². The van der Waals surface area contributed by atoms with Gasteiger partial charge in [0.15, 0.2) is 18.2 Å². The van der Waals surface area contributed by atoms with Gasteiger partial charge in [-0.25, -0.2) is 18.0 Å². The summed E-state index contributed by atoms with van der Waals surface area (Å²) in [7, 11) is 0. The molecule has 0 saturated heterocycles. The van der Waals surface area contributed by atoms with Gasteiger partial charge < -0.3 is 14.6 Å².